The predicted octanol–water partition coefficient (Wildman–Crippen LogP) is 4.37. The van der Waals surface area contributed by atoms with E-state index in [2.05, 4.69) is 10.3 Å². The van der Waals surface area contributed by atoms with Crippen LogP contribution in [0.1, 0.15) is 52.6 Å². The van der Waals surface area contributed by atoms with Gasteiger partial charge in [-0.25, -0.2) is 0 Å². The maximum atomic E-state index is 13.1. The molecule has 0 radical (unpaired) electrons. The Labute approximate surface area is 181 Å². The van der Waals surface area contributed by atoms with E-state index in [4.69, 9.17) is 4.74 Å². The van der Waals surface area contributed by atoms with Gasteiger partial charge in [0.15, 0.2) is 0 Å². The molecule has 1 N–H and O–H groups in total. The summed E-state index contributed by atoms with van der Waals surface area (Å²) in [6, 6.07) is 18.2. The minimum atomic E-state index is -0.450. The van der Waals surface area contributed by atoms with Gasteiger partial charge < -0.3 is 10.1 Å². The predicted molar refractivity (Wildman–Crippen MR) is 119 cm³/mol. The largest absolute Gasteiger partial charge is 0.497 e. The minimum Gasteiger partial charge on any atom is -0.497 e. The second-order valence-corrected chi connectivity index (χ2v) is 7.73. The van der Waals surface area contributed by atoms with Gasteiger partial charge in [0.05, 0.1) is 36.9 Å². The van der Waals surface area contributed by atoms with E-state index in [-0.39, 0.29) is 24.3 Å². The lowest BCUT2D eigenvalue weighted by molar-refractivity contribution is -0.122. The zero-order valence-corrected chi connectivity index (χ0v) is 17.8. The monoisotopic (exact) mass is 415 g/mol. The van der Waals surface area contributed by atoms with Crippen molar-refractivity contribution in [3.8, 4) is 5.75 Å². The number of hydrogen-bond acceptors (Lipinski definition) is 4. The summed E-state index contributed by atoms with van der Waals surface area (Å²) in [5, 5.41) is 3.04. The molecule has 1 aliphatic heterocycles. The van der Waals surface area contributed by atoms with Gasteiger partial charge in [0.25, 0.3) is 5.91 Å². The van der Waals surface area contributed by atoms with E-state index in [0.717, 1.165) is 22.6 Å². The van der Waals surface area contributed by atoms with Crippen molar-refractivity contribution in [2.24, 2.45) is 0 Å². The van der Waals surface area contributed by atoms with Crippen LogP contribution in [0.5, 0.6) is 5.75 Å². The number of fused-ring (bicyclic) bond motifs is 1. The molecular weight excluding hydrogens is 390 g/mol. The maximum Gasteiger partial charge on any atom is 0.260 e. The standard InChI is InChI=1S/C25H25N3O3/c1-16-6-4-7-19(14-16)28-22(24-21(25(28)30)8-5-13-26-24)15-23(29)27-17(2)18-9-11-20(31-3)12-10-18/h4-14,17,22H,15H2,1-3H3,(H,27,29)/t17-,22-/m0/s1. The van der Waals surface area contributed by atoms with E-state index in [1.165, 1.54) is 0 Å². The number of rotatable bonds is 6. The van der Waals surface area contributed by atoms with Crippen molar-refractivity contribution < 1.29 is 14.3 Å². The molecule has 31 heavy (non-hydrogen) atoms. The molecular formula is C25H25N3O3. The fourth-order valence-electron chi connectivity index (χ4n) is 3.97. The number of nitrogens with one attached hydrogen (secondary N) is 1. The number of nitrogens with zero attached hydrogens (tertiary/aromatic N) is 2. The van der Waals surface area contributed by atoms with Crippen molar-refractivity contribution in [2.45, 2.75) is 32.4 Å². The number of methoxy groups -OCH3 is 1. The number of anilines is 1. The lowest BCUT2D eigenvalue weighted by atomic mass is 10.1. The number of ether oxygens (including phenoxy) is 1. The van der Waals surface area contributed by atoms with Crippen LogP contribution in [0.4, 0.5) is 5.69 Å². The molecule has 6 heteroatoms. The highest BCUT2D eigenvalue weighted by molar-refractivity contribution is 6.11. The second-order valence-electron chi connectivity index (χ2n) is 7.73. The Balaban J connectivity index is 1.56. The number of pyridine rings is 1. The molecule has 0 saturated carbocycles. The summed E-state index contributed by atoms with van der Waals surface area (Å²) in [4.78, 5) is 32.2. The smallest absolute Gasteiger partial charge is 0.260 e. The molecule has 4 rings (SSSR count). The molecule has 2 heterocycles. The molecule has 1 aromatic heterocycles. The third-order valence-corrected chi connectivity index (χ3v) is 5.57. The summed E-state index contributed by atoms with van der Waals surface area (Å²) in [7, 11) is 1.62. The van der Waals surface area contributed by atoms with Gasteiger partial charge in [0.2, 0.25) is 5.91 Å². The Kier molecular flexibility index (Phi) is 5.71. The van der Waals surface area contributed by atoms with Crippen LogP contribution in [0, 0.1) is 6.92 Å². The quantitative estimate of drug-likeness (QED) is 0.649. The lowest BCUT2D eigenvalue weighted by Gasteiger charge is -2.25. The molecule has 0 unspecified atom stereocenters. The van der Waals surface area contributed by atoms with Crippen LogP contribution >= 0.6 is 0 Å². The number of carbonyl (C=O) groups excluding carboxylic acids is 2. The van der Waals surface area contributed by atoms with Crippen LogP contribution in [0.3, 0.4) is 0 Å². The zero-order valence-electron chi connectivity index (χ0n) is 17.8. The molecule has 0 saturated heterocycles. The van der Waals surface area contributed by atoms with Crippen LogP contribution in [0.2, 0.25) is 0 Å². The average molecular weight is 415 g/mol. The molecule has 1 aliphatic rings. The highest BCUT2D eigenvalue weighted by atomic mass is 16.5. The van der Waals surface area contributed by atoms with E-state index in [9.17, 15) is 9.59 Å². The Bertz CT molecular complexity index is 1110. The van der Waals surface area contributed by atoms with Gasteiger partial charge in [-0.05, 0) is 61.4 Å². The van der Waals surface area contributed by atoms with Gasteiger partial charge in [-0.3, -0.25) is 19.5 Å². The summed E-state index contributed by atoms with van der Waals surface area (Å²) in [6.07, 6.45) is 1.79. The average Bonchev–Trinajstić information content (AvgIpc) is 3.05. The van der Waals surface area contributed by atoms with Gasteiger partial charge in [-0.2, -0.15) is 0 Å². The third-order valence-electron chi connectivity index (χ3n) is 5.57. The number of aryl methyl sites for hydroxylation is 1. The highest BCUT2D eigenvalue weighted by Gasteiger charge is 2.40. The summed E-state index contributed by atoms with van der Waals surface area (Å²) in [6.45, 7) is 3.91. The summed E-state index contributed by atoms with van der Waals surface area (Å²) >= 11 is 0. The Morgan fingerprint density at radius 2 is 1.94 bits per heavy atom. The summed E-state index contributed by atoms with van der Waals surface area (Å²) in [5.41, 5.74) is 3.98. The SMILES string of the molecule is COc1ccc([C@H](C)NC(=O)C[C@H]2c3ncccc3C(=O)N2c2cccc(C)c2)cc1. The molecule has 2 atom stereocenters. The van der Waals surface area contributed by atoms with Crippen LogP contribution in [0.15, 0.2) is 66.9 Å². The van der Waals surface area contributed by atoms with Crippen LogP contribution in [0.25, 0.3) is 0 Å². The van der Waals surface area contributed by atoms with E-state index >= 15 is 0 Å². The number of carbonyl (C=O) groups is 2. The van der Waals surface area contributed by atoms with Crippen molar-refractivity contribution in [1.82, 2.24) is 10.3 Å². The zero-order chi connectivity index (χ0) is 22.0. The first-order valence-corrected chi connectivity index (χ1v) is 10.3. The van der Waals surface area contributed by atoms with E-state index < -0.39 is 6.04 Å². The molecule has 0 bridgehead atoms. The van der Waals surface area contributed by atoms with Crippen molar-refractivity contribution in [3.63, 3.8) is 0 Å². The van der Waals surface area contributed by atoms with Gasteiger partial charge in [-0.1, -0.05) is 24.3 Å². The van der Waals surface area contributed by atoms with Gasteiger partial charge in [-0.15, -0.1) is 0 Å². The first-order valence-electron chi connectivity index (χ1n) is 10.3. The van der Waals surface area contributed by atoms with E-state index in [1.807, 2.05) is 62.4 Å². The number of hydrogen-bond donors (Lipinski definition) is 1. The van der Waals surface area contributed by atoms with Crippen molar-refractivity contribution in [2.75, 3.05) is 12.0 Å². The van der Waals surface area contributed by atoms with Gasteiger partial charge in [0, 0.05) is 11.9 Å². The first kappa shape index (κ1) is 20.6. The Hall–Kier alpha value is -3.67. The molecule has 2 amide bonds. The lowest BCUT2D eigenvalue weighted by Crippen LogP contribution is -2.34. The van der Waals surface area contributed by atoms with Crippen molar-refractivity contribution >= 4 is 17.5 Å². The Morgan fingerprint density at radius 3 is 2.65 bits per heavy atom. The number of amides is 2. The number of benzene rings is 2. The van der Waals surface area contributed by atoms with Crippen LogP contribution in [-0.2, 0) is 4.79 Å². The summed E-state index contributed by atoms with van der Waals surface area (Å²) in [5.74, 6) is 0.496. The van der Waals surface area contributed by atoms with Gasteiger partial charge >= 0.3 is 0 Å². The molecule has 0 fully saturated rings. The fraction of sp³-hybridized carbons (Fsp3) is 0.240. The molecule has 0 spiro atoms. The summed E-state index contributed by atoms with van der Waals surface area (Å²) < 4.78 is 5.19. The topological polar surface area (TPSA) is 71.5 Å². The third kappa shape index (κ3) is 4.14. The normalized spacial score (nSPS) is 16.0. The minimum absolute atomic E-state index is 0.129. The van der Waals surface area contributed by atoms with E-state index in [1.54, 1.807) is 30.3 Å². The molecule has 3 aromatic rings. The Morgan fingerprint density at radius 1 is 1.16 bits per heavy atom. The van der Waals surface area contributed by atoms with Crippen molar-refractivity contribution in [1.29, 1.82) is 0 Å². The van der Waals surface area contributed by atoms with Crippen LogP contribution < -0.4 is 15.0 Å². The molecule has 2 aromatic carbocycles. The molecule has 0 aliphatic carbocycles. The second kappa shape index (κ2) is 8.60. The van der Waals surface area contributed by atoms with E-state index in [0.29, 0.717) is 11.3 Å². The molecule has 6 nitrogen and oxygen atoms in total. The van der Waals surface area contributed by atoms with Crippen LogP contribution in [-0.4, -0.2) is 23.9 Å². The number of aromatic nitrogens is 1. The fourth-order valence-corrected chi connectivity index (χ4v) is 3.97. The maximum absolute atomic E-state index is 13.1. The van der Waals surface area contributed by atoms with Crippen molar-refractivity contribution in [3.05, 3.63) is 89.2 Å². The first-order chi connectivity index (χ1) is 15.0. The molecule has 158 valence electrons. The van der Waals surface area contributed by atoms with Gasteiger partial charge in [0.1, 0.15) is 5.75 Å². The highest BCUT2D eigenvalue weighted by Crippen LogP contribution is 2.38.